The Labute approximate surface area is 678 Å². The molecular formula is C88H111NO9Se6. The molecule has 0 aliphatic heterocycles. The number of aryl methyl sites for hydroxylation is 5. The quantitative estimate of drug-likeness (QED) is 0.0493. The van der Waals surface area contributed by atoms with Crippen LogP contribution in [0.5, 0.6) is 51.7 Å². The van der Waals surface area contributed by atoms with Crippen LogP contribution in [0.25, 0.3) is 32.3 Å². The molecule has 0 saturated heterocycles. The molecule has 10 nitrogen and oxygen atoms in total. The van der Waals surface area contributed by atoms with Crippen molar-refractivity contribution in [2.24, 2.45) is 0 Å². The Kier molecular flexibility index (Phi) is 35.5. The van der Waals surface area contributed by atoms with Gasteiger partial charge in [0.2, 0.25) is 0 Å². The molecule has 0 aromatic heterocycles. The van der Waals surface area contributed by atoms with E-state index in [9.17, 15) is 0 Å². The van der Waals surface area contributed by atoms with Crippen LogP contribution >= 0.6 is 0 Å². The molecule has 16 heteroatoms. The van der Waals surface area contributed by atoms with Crippen molar-refractivity contribution < 1.29 is 59.1 Å². The summed E-state index contributed by atoms with van der Waals surface area (Å²) in [6.45, 7) is 20.0. The van der Waals surface area contributed by atoms with Crippen molar-refractivity contribution in [1.82, 2.24) is 0 Å². The van der Waals surface area contributed by atoms with Crippen molar-refractivity contribution >= 4 is 155 Å². The topological polar surface area (TPSA) is 95.1 Å². The predicted octanol–water partition coefficient (Wildman–Crippen LogP) is 17.5. The molecule has 0 radical (unpaired) electrons. The number of nitrogens with one attached hydrogen (secondary N) is 1. The third kappa shape index (κ3) is 29.6. The summed E-state index contributed by atoms with van der Waals surface area (Å²) in [4.78, 5) is 0. The molecule has 11 aromatic rings. The number of methoxy groups -OCH3 is 9. The minimum absolute atomic E-state index is 0.136. The van der Waals surface area contributed by atoms with Gasteiger partial charge in [0, 0.05) is 11.5 Å². The molecule has 3 atom stereocenters. The van der Waals surface area contributed by atoms with Crippen molar-refractivity contribution in [1.29, 1.82) is 0 Å². The van der Waals surface area contributed by atoms with E-state index in [2.05, 4.69) is 80.7 Å². The molecular weight excluding hydrogens is 1690 g/mol. The van der Waals surface area contributed by atoms with E-state index in [0.29, 0.717) is 0 Å². The van der Waals surface area contributed by atoms with Gasteiger partial charge in [0.25, 0.3) is 0 Å². The van der Waals surface area contributed by atoms with Gasteiger partial charge in [-0.1, -0.05) is 36.4 Å². The first-order valence-electron chi connectivity index (χ1n) is 39.2. The van der Waals surface area contributed by atoms with E-state index in [4.69, 9.17) is 59.1 Å². The van der Waals surface area contributed by atoms with Gasteiger partial charge in [-0.2, -0.15) is 0 Å². The average molecular weight is 1810 g/mol. The second-order valence-corrected chi connectivity index (χ2v) is 35.0. The van der Waals surface area contributed by atoms with Crippen LogP contribution in [-0.4, -0.2) is 161 Å². The van der Waals surface area contributed by atoms with Crippen LogP contribution < -0.4 is 74.7 Å². The number of hydrogen-bond acceptors (Lipinski definition) is 10. The van der Waals surface area contributed by atoms with E-state index in [1.807, 2.05) is 166 Å². The number of ether oxygens (including phenoxy) is 9. The molecule has 1 N–H and O–H groups in total. The van der Waals surface area contributed by atoms with Crippen molar-refractivity contribution in [3.8, 4) is 51.7 Å². The molecule has 104 heavy (non-hydrogen) atoms. The van der Waals surface area contributed by atoms with E-state index < -0.39 is 31.6 Å². The SMILES string of the molecule is COc1ccc(C)c(OC)c1.COc1ccc(C)c2ccccc12.[1H][13C@@]([2H])(C)[Se]c1ccc(OC)c2cc(CC)ccc12.[1H][13C@@]([2H])(C)[Se]c1ccc(OC)cc1C.[1H][13C]([1H])(C)[Se]c1ccc(OC)c2ccc(C)cc12.[1H][13C]([1H])(C)[Se]c1ccc(OC)cc1NC.[1H][C@@]([2H])(C)[Se]c1ccccc1OC.[2H][13C]([2H])(C)[Se]c1cccc(OC)c1. The van der Waals surface area contributed by atoms with Crippen LogP contribution in [0.15, 0.2) is 200 Å². The normalized spacial score (nSPS) is 14.0. The fraction of sp³-hybridized carbons (Fsp3) is 0.318. The molecule has 11 rings (SSSR count). The van der Waals surface area contributed by atoms with Gasteiger partial charge in [-0.05, 0) is 42.5 Å². The summed E-state index contributed by atoms with van der Waals surface area (Å²) in [5, 5.41) is 3.16. The molecule has 11 aromatic carbocycles. The summed E-state index contributed by atoms with van der Waals surface area (Å²) in [6.07, 6.45) is 0.989. The zero-order chi connectivity index (χ0) is 86.9. The second-order valence-electron chi connectivity index (χ2n) is 21.7. The standard InChI is InChI=1S/C15H18OSe.C14H16OSe.C12H12O.C10H15NOSe.C10H14OSe.C9H12O2.2C9H12OSe/c1-4-11-6-7-12-13(10-11)14(16-3)8-9-15(12)17-5-2;1-4-16-14-8-7-13(15-3)11-6-5-10(2)9-12(11)14;1-9-7-8-12(13-2)11-6-4-3-5-10(9)11;1-4-13-10-6-5-8(12-3)7-9(10)11-2;1-4-12-10-6-5-9(11-3)7-8(10)2;1-7-4-5-8(10-2)6-9(7)11-3;1-3-11-9-6-4-5-8(7-9)10-2;1-3-11-9-7-5-4-6-8(9)10-2/h6-10H,4-5H2,1-3H3;5-9H,4H2,1-3H3;3-8H,1-2H3;5-7,11H,4H2,1-3H3;5-7H,4H2,1-3H3;4-6H,1-3H3;2*4-7H,3H2,1-2H3/i5+1DH;4+1H2;;4+1H2;4+1DH;;3+1D2;3DH/t5-;;;;4-;;;3-/m1...1..1/s1. The molecule has 0 amide bonds. The van der Waals surface area contributed by atoms with E-state index in [1.165, 1.54) is 27.5 Å². The van der Waals surface area contributed by atoms with Gasteiger partial charge in [0.1, 0.15) is 17.2 Å². The van der Waals surface area contributed by atoms with Crippen LogP contribution in [-0.2, 0) is 6.42 Å². The van der Waals surface area contributed by atoms with Gasteiger partial charge in [0.05, 0.1) is 21.3 Å². The number of anilines is 1. The monoisotopic (exact) mass is 1820 g/mol. The molecule has 0 aliphatic rings. The number of para-hydroxylation sites is 1. The first-order valence-corrected chi connectivity index (χ1v) is 43.4. The van der Waals surface area contributed by atoms with Crippen molar-refractivity contribution in [3.63, 3.8) is 0 Å². The first-order chi connectivity index (χ1) is 54.4. The molecule has 0 spiro atoms. The molecule has 0 fully saturated rings. The zero-order valence-corrected chi connectivity index (χ0v) is 74.2. The summed E-state index contributed by atoms with van der Waals surface area (Å²) < 4.78 is 144. The Morgan fingerprint density at radius 2 is 0.808 bits per heavy atom. The Hall–Kier alpha value is -6.68. The van der Waals surface area contributed by atoms with E-state index >= 15 is 0 Å². The van der Waals surface area contributed by atoms with Crippen molar-refractivity contribution in [2.45, 2.75) is 114 Å². The van der Waals surface area contributed by atoms with Crippen LogP contribution in [0.1, 0.15) is 92.7 Å². The maximum absolute atomic E-state index is 7.78. The minimum atomic E-state index is -1.14. The van der Waals surface area contributed by atoms with E-state index in [1.54, 1.807) is 106 Å². The Balaban J connectivity index is 0.000000281. The van der Waals surface area contributed by atoms with Gasteiger partial charge in [-0.15, -0.1) is 0 Å². The van der Waals surface area contributed by atoms with Crippen molar-refractivity contribution in [3.05, 3.63) is 228 Å². The summed E-state index contributed by atoms with van der Waals surface area (Å²) in [7, 11) is 16.7. The van der Waals surface area contributed by atoms with Crippen LogP contribution in [0.4, 0.5) is 5.69 Å². The predicted molar refractivity (Wildman–Crippen MR) is 456 cm³/mol. The van der Waals surface area contributed by atoms with Gasteiger partial charge in [-0.3, -0.25) is 0 Å². The Bertz CT molecular complexity index is 4860. The van der Waals surface area contributed by atoms with Gasteiger partial charge >= 0.3 is 541 Å². The molecule has 0 unspecified atom stereocenters. The van der Waals surface area contributed by atoms with E-state index in [-0.39, 0.29) is 89.7 Å². The van der Waals surface area contributed by atoms with Crippen molar-refractivity contribution in [2.75, 3.05) is 76.4 Å². The summed E-state index contributed by atoms with van der Waals surface area (Å²) >= 11 is -1.08. The second kappa shape index (κ2) is 51.5. The maximum atomic E-state index is 7.78. The molecule has 0 aliphatic carbocycles. The molecule has 558 valence electrons. The third-order valence-electron chi connectivity index (χ3n) is 15.1. The van der Waals surface area contributed by atoms with Crippen LogP contribution in [0.3, 0.4) is 0 Å². The summed E-state index contributed by atoms with van der Waals surface area (Å²) in [6, 6.07) is 65.2. The Morgan fingerprint density at radius 3 is 1.38 bits per heavy atom. The third-order valence-corrected chi connectivity index (χ3v) is 24.9. The van der Waals surface area contributed by atoms with Gasteiger partial charge < -0.3 is 14.2 Å². The fourth-order valence-electron chi connectivity index (χ4n) is 9.85. The molecule has 0 bridgehead atoms. The van der Waals surface area contributed by atoms with Gasteiger partial charge in [-0.25, -0.2) is 0 Å². The number of rotatable bonds is 23. The number of fused-ring (bicyclic) bond motifs is 3. The summed E-state index contributed by atoms with van der Waals surface area (Å²) in [5.74, 6) is 7.55. The first kappa shape index (κ1) is 71.6. The zero-order valence-electron chi connectivity index (χ0n) is 75.9. The van der Waals surface area contributed by atoms with Gasteiger partial charge in [0.15, 0.2) is 0 Å². The number of hydrogen-bond donors (Lipinski definition) is 1. The van der Waals surface area contributed by atoms with Crippen LogP contribution in [0, 0.1) is 27.7 Å². The summed E-state index contributed by atoms with van der Waals surface area (Å²) in [5.41, 5.74) is 6.92. The molecule has 0 saturated carbocycles. The van der Waals surface area contributed by atoms with E-state index in [0.717, 1.165) is 123 Å². The Morgan fingerprint density at radius 1 is 0.327 bits per heavy atom. The van der Waals surface area contributed by atoms with Crippen LogP contribution in [0.2, 0.25) is 31.6 Å². The fourth-order valence-corrected chi connectivity index (χ4v) is 17.5. The average Bonchev–Trinajstić information content (AvgIpc) is 0.797. The molecule has 0 heterocycles. The number of benzene rings is 11.